The van der Waals surface area contributed by atoms with Crippen LogP contribution in [0.2, 0.25) is 0 Å². The number of benzene rings is 1. The van der Waals surface area contributed by atoms with Crippen LogP contribution in [0.25, 0.3) is 0 Å². The fraction of sp³-hybridized carbons (Fsp3) is 0.133. The van der Waals surface area contributed by atoms with Gasteiger partial charge in [-0.25, -0.2) is 8.78 Å². The highest BCUT2D eigenvalue weighted by atomic mass is 19.2. The second kappa shape index (κ2) is 7.26. The van der Waals surface area contributed by atoms with Crippen molar-refractivity contribution >= 4 is 17.5 Å². The Morgan fingerprint density at radius 3 is 2.41 bits per heavy atom. The first-order chi connectivity index (χ1) is 10.5. The van der Waals surface area contributed by atoms with Crippen LogP contribution in [-0.2, 0) is 16.1 Å². The van der Waals surface area contributed by atoms with Gasteiger partial charge in [-0.1, -0.05) is 0 Å². The van der Waals surface area contributed by atoms with Crippen LogP contribution < -0.4 is 10.6 Å². The van der Waals surface area contributed by atoms with Crippen LogP contribution in [0.3, 0.4) is 0 Å². The zero-order valence-electron chi connectivity index (χ0n) is 11.5. The third-order valence-electron chi connectivity index (χ3n) is 2.76. The van der Waals surface area contributed by atoms with Gasteiger partial charge >= 0.3 is 0 Å². The predicted octanol–water partition coefficient (Wildman–Crippen LogP) is 2.00. The van der Waals surface area contributed by atoms with E-state index in [-0.39, 0.29) is 12.2 Å². The molecule has 0 spiro atoms. The molecule has 2 N–H and O–H groups in total. The lowest BCUT2D eigenvalue weighted by Gasteiger charge is -2.07. The zero-order chi connectivity index (χ0) is 15.9. The molecular formula is C15H13F2N3O2. The quantitative estimate of drug-likeness (QED) is 0.830. The topological polar surface area (TPSA) is 71.1 Å². The van der Waals surface area contributed by atoms with E-state index in [1.165, 1.54) is 6.07 Å². The molecule has 2 rings (SSSR count). The molecule has 1 heterocycles. The normalized spacial score (nSPS) is 10.1. The average Bonchev–Trinajstić information content (AvgIpc) is 2.50. The molecule has 7 heteroatoms. The number of nitrogens with one attached hydrogen (secondary N) is 2. The lowest BCUT2D eigenvalue weighted by molar-refractivity contribution is -0.126. The summed E-state index contributed by atoms with van der Waals surface area (Å²) >= 11 is 0. The van der Waals surface area contributed by atoms with Crippen LogP contribution in [0.5, 0.6) is 0 Å². The third kappa shape index (κ3) is 4.62. The van der Waals surface area contributed by atoms with E-state index in [2.05, 4.69) is 15.6 Å². The van der Waals surface area contributed by atoms with Crippen LogP contribution >= 0.6 is 0 Å². The van der Waals surface area contributed by atoms with Crippen molar-refractivity contribution in [3.8, 4) is 0 Å². The van der Waals surface area contributed by atoms with Crippen molar-refractivity contribution < 1.29 is 18.4 Å². The number of pyridine rings is 1. The Hall–Kier alpha value is -2.83. The number of carbonyl (C=O) groups excluding carboxylic acids is 2. The van der Waals surface area contributed by atoms with Crippen molar-refractivity contribution in [2.24, 2.45) is 0 Å². The highest BCUT2D eigenvalue weighted by molar-refractivity contribution is 6.03. The first-order valence-electron chi connectivity index (χ1n) is 6.45. The van der Waals surface area contributed by atoms with Gasteiger partial charge in [0.15, 0.2) is 11.6 Å². The van der Waals surface area contributed by atoms with Crippen molar-refractivity contribution in [1.29, 1.82) is 0 Å². The maximum Gasteiger partial charge on any atom is 0.233 e. The van der Waals surface area contributed by atoms with Gasteiger partial charge in [-0.05, 0) is 29.8 Å². The summed E-state index contributed by atoms with van der Waals surface area (Å²) in [7, 11) is 0. The first kappa shape index (κ1) is 15.6. The van der Waals surface area contributed by atoms with E-state index in [0.717, 1.165) is 17.7 Å². The Kier molecular flexibility index (Phi) is 5.13. The molecule has 0 aliphatic carbocycles. The largest absolute Gasteiger partial charge is 0.352 e. The van der Waals surface area contributed by atoms with Crippen molar-refractivity contribution in [3.05, 3.63) is 59.9 Å². The van der Waals surface area contributed by atoms with Gasteiger partial charge in [0.1, 0.15) is 6.42 Å². The summed E-state index contributed by atoms with van der Waals surface area (Å²) in [5.74, 6) is -3.16. The summed E-state index contributed by atoms with van der Waals surface area (Å²) in [6.45, 7) is 0.278. The second-order valence-electron chi connectivity index (χ2n) is 4.49. The molecule has 22 heavy (non-hydrogen) atoms. The molecule has 5 nitrogen and oxygen atoms in total. The summed E-state index contributed by atoms with van der Waals surface area (Å²) < 4.78 is 25.7. The highest BCUT2D eigenvalue weighted by Gasteiger charge is 2.10. The second-order valence-corrected chi connectivity index (χ2v) is 4.49. The van der Waals surface area contributed by atoms with Crippen molar-refractivity contribution in [3.63, 3.8) is 0 Å². The molecule has 0 atom stereocenters. The molecule has 0 saturated heterocycles. The number of hydrogen-bond acceptors (Lipinski definition) is 3. The molecular weight excluding hydrogens is 292 g/mol. The number of carbonyl (C=O) groups is 2. The minimum absolute atomic E-state index is 0.0887. The fourth-order valence-electron chi connectivity index (χ4n) is 1.69. The maximum absolute atomic E-state index is 13.0. The van der Waals surface area contributed by atoms with E-state index in [4.69, 9.17) is 0 Å². The van der Waals surface area contributed by atoms with Crippen LogP contribution in [0.1, 0.15) is 12.0 Å². The van der Waals surface area contributed by atoms with E-state index < -0.39 is 29.9 Å². The number of halogens is 2. The maximum atomic E-state index is 13.0. The smallest absolute Gasteiger partial charge is 0.233 e. The molecule has 114 valence electrons. The molecule has 0 radical (unpaired) electrons. The Morgan fingerprint density at radius 2 is 1.73 bits per heavy atom. The third-order valence-corrected chi connectivity index (χ3v) is 2.76. The van der Waals surface area contributed by atoms with Gasteiger partial charge in [0.25, 0.3) is 0 Å². The standard InChI is InChI=1S/C15H13F2N3O2/c16-12-2-1-11(7-13(12)17)20-15(22)8-14(21)19-9-10-3-5-18-6-4-10/h1-7H,8-9H2,(H,19,21)(H,20,22). The number of anilines is 1. The lowest BCUT2D eigenvalue weighted by Crippen LogP contribution is -2.27. The van der Waals surface area contributed by atoms with E-state index in [0.29, 0.717) is 0 Å². The molecule has 0 saturated carbocycles. The summed E-state index contributed by atoms with van der Waals surface area (Å²) in [6.07, 6.45) is 2.78. The van der Waals surface area contributed by atoms with Gasteiger partial charge < -0.3 is 10.6 Å². The van der Waals surface area contributed by atoms with Crippen LogP contribution in [0.15, 0.2) is 42.7 Å². The summed E-state index contributed by atoms with van der Waals surface area (Å²) in [4.78, 5) is 27.1. The highest BCUT2D eigenvalue weighted by Crippen LogP contribution is 2.13. The fourth-order valence-corrected chi connectivity index (χ4v) is 1.69. The summed E-state index contributed by atoms with van der Waals surface area (Å²) in [5, 5.41) is 4.90. The Bertz CT molecular complexity index is 678. The molecule has 2 amide bonds. The number of rotatable bonds is 5. The van der Waals surface area contributed by atoms with E-state index in [1.54, 1.807) is 24.5 Å². The van der Waals surface area contributed by atoms with Crippen molar-refractivity contribution in [2.45, 2.75) is 13.0 Å². The predicted molar refractivity (Wildman–Crippen MR) is 75.7 cm³/mol. The molecule has 2 aromatic rings. The van der Waals surface area contributed by atoms with E-state index in [1.807, 2.05) is 0 Å². The van der Waals surface area contributed by atoms with Gasteiger partial charge in [0.05, 0.1) is 0 Å². The number of hydrogen-bond donors (Lipinski definition) is 2. The zero-order valence-corrected chi connectivity index (χ0v) is 11.5. The van der Waals surface area contributed by atoms with Crippen LogP contribution in [0, 0.1) is 11.6 Å². The van der Waals surface area contributed by atoms with E-state index >= 15 is 0 Å². The van der Waals surface area contributed by atoms with Crippen LogP contribution in [-0.4, -0.2) is 16.8 Å². The van der Waals surface area contributed by atoms with Gasteiger partial charge in [-0.3, -0.25) is 14.6 Å². The molecule has 1 aromatic carbocycles. The first-order valence-corrected chi connectivity index (χ1v) is 6.45. The van der Waals surface area contributed by atoms with E-state index in [9.17, 15) is 18.4 Å². The average molecular weight is 305 g/mol. The van der Waals surface area contributed by atoms with Crippen LogP contribution in [0.4, 0.5) is 14.5 Å². The Labute approximate surface area is 125 Å². The van der Waals surface area contributed by atoms with Gasteiger partial charge in [-0.15, -0.1) is 0 Å². The van der Waals surface area contributed by atoms with Gasteiger partial charge in [-0.2, -0.15) is 0 Å². The molecule has 0 aliphatic heterocycles. The lowest BCUT2D eigenvalue weighted by atomic mass is 10.2. The Balaban J connectivity index is 1.81. The summed E-state index contributed by atoms with van der Waals surface area (Å²) in [6, 6.07) is 6.44. The molecule has 0 bridgehead atoms. The summed E-state index contributed by atoms with van der Waals surface area (Å²) in [5.41, 5.74) is 0.940. The molecule has 0 aliphatic rings. The number of amides is 2. The SMILES string of the molecule is O=C(CC(=O)Nc1ccc(F)c(F)c1)NCc1ccncc1. The van der Waals surface area contributed by atoms with Crippen molar-refractivity contribution in [1.82, 2.24) is 10.3 Å². The Morgan fingerprint density at radius 1 is 1.00 bits per heavy atom. The molecule has 0 fully saturated rings. The van der Waals surface area contributed by atoms with Gasteiger partial charge in [0.2, 0.25) is 11.8 Å². The molecule has 1 aromatic heterocycles. The molecule has 0 unspecified atom stereocenters. The minimum Gasteiger partial charge on any atom is -0.352 e. The number of aromatic nitrogens is 1. The monoisotopic (exact) mass is 305 g/mol. The minimum atomic E-state index is -1.07. The van der Waals surface area contributed by atoms with Gasteiger partial charge in [0, 0.05) is 30.7 Å². The van der Waals surface area contributed by atoms with Crippen molar-refractivity contribution in [2.75, 3.05) is 5.32 Å². The number of nitrogens with zero attached hydrogens (tertiary/aromatic N) is 1.